The number of aromatic amines is 1. The molecule has 0 saturated heterocycles. The monoisotopic (exact) mass is 551 g/mol. The average molecular weight is 551 g/mol. The van der Waals surface area contributed by atoms with Crippen molar-refractivity contribution in [2.75, 3.05) is 25.6 Å². The number of nitrogens with zero attached hydrogens (tertiary/aromatic N) is 1. The summed E-state index contributed by atoms with van der Waals surface area (Å²) in [5.74, 6) is -0.0351. The van der Waals surface area contributed by atoms with Gasteiger partial charge in [-0.05, 0) is 0 Å². The molecule has 10 heteroatoms. The number of anilines is 2. The summed E-state index contributed by atoms with van der Waals surface area (Å²) in [6, 6.07) is 6.45. The molecule has 0 spiro atoms. The molecule has 1 amide bonds. The Hall–Kier alpha value is -2.86. The third-order valence-corrected chi connectivity index (χ3v) is 7.42. The molecule has 32 heavy (non-hydrogen) atoms. The van der Waals surface area contributed by atoms with E-state index in [1.54, 1.807) is 24.5 Å². The number of ether oxygens (including phenoxy) is 2. The van der Waals surface area contributed by atoms with Gasteiger partial charge in [0.1, 0.15) is 0 Å². The average Bonchev–Trinajstić information content (AvgIpc) is 3.15. The van der Waals surface area contributed by atoms with E-state index < -0.39 is 27.4 Å². The third kappa shape index (κ3) is 3.88. The van der Waals surface area contributed by atoms with Crippen LogP contribution >= 0.6 is 0 Å². The zero-order valence-electron chi connectivity index (χ0n) is 17.2. The minimum atomic E-state index is -0.678. The first-order valence-corrected chi connectivity index (χ1v) is 12.3. The van der Waals surface area contributed by atoms with Gasteiger partial charge in [-0.25, -0.2) is 0 Å². The number of hydrogen-bond donors (Lipinski definition) is 3. The number of benzene rings is 1. The van der Waals surface area contributed by atoms with E-state index in [0.717, 1.165) is 17.7 Å². The van der Waals surface area contributed by atoms with Crippen LogP contribution in [0.15, 0.2) is 36.7 Å². The first kappa shape index (κ1) is 21.0. The van der Waals surface area contributed by atoms with Crippen molar-refractivity contribution in [2.24, 2.45) is 0 Å². The Morgan fingerprint density at radius 2 is 2.22 bits per heavy atom. The Balaban J connectivity index is 1.69. The summed E-state index contributed by atoms with van der Waals surface area (Å²) < 4.78 is 31.4. The van der Waals surface area contributed by atoms with Crippen LogP contribution in [0.25, 0.3) is 11.3 Å². The molecule has 168 valence electrons. The van der Waals surface area contributed by atoms with Gasteiger partial charge in [-0.15, -0.1) is 0 Å². The van der Waals surface area contributed by atoms with E-state index in [0.29, 0.717) is 48.0 Å². The molecule has 0 aliphatic carbocycles. The molecule has 0 unspecified atom stereocenters. The number of fused-ring (bicyclic) bond motifs is 4. The van der Waals surface area contributed by atoms with E-state index in [1.807, 2.05) is 6.07 Å². The van der Waals surface area contributed by atoms with Gasteiger partial charge in [0.25, 0.3) is 0 Å². The number of H-pyrrole nitrogens is 1. The normalized spacial score (nSPS) is 18.1. The van der Waals surface area contributed by atoms with Gasteiger partial charge in [-0.2, -0.15) is 0 Å². The Kier molecular flexibility index (Phi) is 5.87. The first-order valence-electron chi connectivity index (χ1n) is 10.1. The Morgan fingerprint density at radius 3 is 3.09 bits per heavy atom. The van der Waals surface area contributed by atoms with Gasteiger partial charge >= 0.3 is 195 Å². The third-order valence-electron chi connectivity index (χ3n) is 5.25. The number of nitrogens with one attached hydrogen (secondary N) is 3. The minimum absolute atomic E-state index is 0.0320. The first-order chi connectivity index (χ1) is 15.7. The second-order valence-electron chi connectivity index (χ2n) is 7.30. The molecule has 2 aliphatic heterocycles. The summed E-state index contributed by atoms with van der Waals surface area (Å²) in [7, 11) is 1.41. The van der Waals surface area contributed by atoms with Crippen LogP contribution in [-0.4, -0.2) is 40.2 Å². The number of halogens is 2. The topological polar surface area (TPSA) is 97.5 Å². The number of hydrogen-bond acceptors (Lipinski definition) is 6. The van der Waals surface area contributed by atoms with E-state index in [9.17, 15) is 9.18 Å². The van der Waals surface area contributed by atoms with E-state index >= 15 is 0 Å². The number of aromatic nitrogens is 2. The summed E-state index contributed by atoms with van der Waals surface area (Å²) in [5, 5.41) is 6.32. The summed E-state index contributed by atoms with van der Waals surface area (Å²) >= 11 is -0.678. The maximum atomic E-state index is 14.3. The van der Waals surface area contributed by atoms with Gasteiger partial charge in [0.05, 0.1) is 0 Å². The maximum absolute atomic E-state index is 14.3. The van der Waals surface area contributed by atoms with Crippen molar-refractivity contribution in [2.45, 2.75) is 16.9 Å². The number of alkyl halides is 1. The van der Waals surface area contributed by atoms with Crippen LogP contribution in [0.3, 0.4) is 0 Å². The molecular formula is C22H21FIN4O4-. The summed E-state index contributed by atoms with van der Waals surface area (Å²) in [6.45, 7) is 1.07. The van der Waals surface area contributed by atoms with Gasteiger partial charge in [-0.3, -0.25) is 0 Å². The van der Waals surface area contributed by atoms with Gasteiger partial charge in [-0.1, -0.05) is 0 Å². The van der Waals surface area contributed by atoms with Crippen LogP contribution in [-0.2, 0) is 9.49 Å². The van der Waals surface area contributed by atoms with Gasteiger partial charge in [0.2, 0.25) is 0 Å². The van der Waals surface area contributed by atoms with Crippen molar-refractivity contribution in [1.29, 1.82) is 0 Å². The quantitative estimate of drug-likeness (QED) is 0.248. The Morgan fingerprint density at radius 1 is 1.31 bits per heavy atom. The van der Waals surface area contributed by atoms with Gasteiger partial charge < -0.3 is 0 Å². The molecule has 1 atom stereocenters. The van der Waals surface area contributed by atoms with Crippen molar-refractivity contribution < 1.29 is 43.3 Å². The SMILES string of the molecule is COc1c(F)cccc1Nc1c2[nH]c3c1C(=O)N[C@@H](C3)[I-]OCCCOc1cnccc1-2. The molecule has 8 nitrogen and oxygen atoms in total. The van der Waals surface area contributed by atoms with Crippen molar-refractivity contribution in [3.63, 3.8) is 0 Å². The zero-order valence-corrected chi connectivity index (χ0v) is 19.4. The second kappa shape index (κ2) is 8.94. The summed E-state index contributed by atoms with van der Waals surface area (Å²) in [5.41, 5.74) is 3.67. The van der Waals surface area contributed by atoms with Crippen LogP contribution in [0.2, 0.25) is 0 Å². The van der Waals surface area contributed by atoms with Crippen molar-refractivity contribution in [3.8, 4) is 22.8 Å². The van der Waals surface area contributed by atoms with Crippen LogP contribution < -0.4 is 41.7 Å². The van der Waals surface area contributed by atoms with E-state index in [2.05, 4.69) is 20.6 Å². The zero-order chi connectivity index (χ0) is 22.1. The van der Waals surface area contributed by atoms with Crippen molar-refractivity contribution in [1.82, 2.24) is 15.3 Å². The van der Waals surface area contributed by atoms with Crippen LogP contribution in [0.1, 0.15) is 22.5 Å². The molecule has 2 aliphatic rings. The number of pyridine rings is 1. The predicted octanol–water partition coefficient (Wildman–Crippen LogP) is 0.383. The van der Waals surface area contributed by atoms with Crippen molar-refractivity contribution in [3.05, 3.63) is 53.7 Å². The fourth-order valence-corrected chi connectivity index (χ4v) is 5.88. The standard InChI is InChI=1S/C22H21FIN4O4/c1-30-21-13(23)4-2-5-14(21)26-20-18-15-10-17(28-22(18)29)24-32-9-3-8-31-16-11-25-7-6-12(16)19(20)27-15/h2,4-7,11,17,26-27H,3,8-10H2,1H3,(H,28,29)/q-1/t17-/m0/s1. The second-order valence-corrected chi connectivity index (χ2v) is 9.93. The Labute approximate surface area is 194 Å². The molecule has 0 saturated carbocycles. The van der Waals surface area contributed by atoms with E-state index in [1.165, 1.54) is 13.2 Å². The number of methoxy groups -OCH3 is 1. The molecule has 3 aromatic rings. The molecule has 1 aromatic carbocycles. The predicted molar refractivity (Wildman–Crippen MR) is 111 cm³/mol. The number of para-hydroxylation sites is 1. The fraction of sp³-hybridized carbons (Fsp3) is 0.273. The number of carbonyl (C=O) groups excluding carboxylic acids is 1. The molecule has 0 fully saturated rings. The van der Waals surface area contributed by atoms with Gasteiger partial charge in [0, 0.05) is 0 Å². The van der Waals surface area contributed by atoms with Crippen LogP contribution in [0.5, 0.6) is 11.5 Å². The van der Waals surface area contributed by atoms with E-state index in [-0.39, 0.29) is 15.7 Å². The Bertz CT molecular complexity index is 1170. The molecule has 0 radical (unpaired) electrons. The number of rotatable bonds is 3. The molecule has 3 N–H and O–H groups in total. The molecule has 5 rings (SSSR count). The number of amides is 1. The molecule has 2 aromatic heterocycles. The van der Waals surface area contributed by atoms with Gasteiger partial charge in [0.15, 0.2) is 0 Å². The molecule has 4 heterocycles. The van der Waals surface area contributed by atoms with Crippen LogP contribution in [0.4, 0.5) is 15.8 Å². The van der Waals surface area contributed by atoms with E-state index in [4.69, 9.17) is 12.5 Å². The van der Waals surface area contributed by atoms with Crippen molar-refractivity contribution >= 4 is 17.3 Å². The summed E-state index contributed by atoms with van der Waals surface area (Å²) in [4.78, 5) is 20.8. The summed E-state index contributed by atoms with van der Waals surface area (Å²) in [6.07, 6.45) is 4.69. The number of carbonyl (C=O) groups is 1. The fourth-order valence-electron chi connectivity index (χ4n) is 3.85. The molecule has 3 bridgehead atoms. The van der Waals surface area contributed by atoms with Crippen LogP contribution in [0, 0.1) is 5.82 Å². The molecular weight excluding hydrogens is 530 g/mol.